The predicted octanol–water partition coefficient (Wildman–Crippen LogP) is -1.33. The van der Waals surface area contributed by atoms with Gasteiger partial charge in [0.2, 0.25) is 5.91 Å². The molecule has 22 heavy (non-hydrogen) atoms. The van der Waals surface area contributed by atoms with Gasteiger partial charge in [-0.15, -0.1) is 0 Å². The number of nitrogens with one attached hydrogen (secondary N) is 1. The molecule has 4 N–H and O–H groups in total. The monoisotopic (exact) mass is 310 g/mol. The summed E-state index contributed by atoms with van der Waals surface area (Å²) < 4.78 is 13.1. The molecule has 8 nitrogen and oxygen atoms in total. The highest BCUT2D eigenvalue weighted by Crippen LogP contribution is 2.35. The number of aliphatic hydroxyl groups excluding tert-OH is 1. The number of aryl methyl sites for hydroxylation is 1. The van der Waals surface area contributed by atoms with Crippen molar-refractivity contribution in [3.8, 4) is 0 Å². The van der Waals surface area contributed by atoms with Crippen LogP contribution in [0.2, 0.25) is 0 Å². The van der Waals surface area contributed by atoms with Crippen molar-refractivity contribution in [2.24, 2.45) is 12.8 Å². The lowest BCUT2D eigenvalue weighted by molar-refractivity contribution is -0.124. The minimum atomic E-state index is -0.710. The van der Waals surface area contributed by atoms with E-state index in [1.165, 1.54) is 0 Å². The second-order valence-electron chi connectivity index (χ2n) is 5.90. The number of carbonyl (C=O) groups is 1. The fourth-order valence-corrected chi connectivity index (χ4v) is 3.08. The topological polar surface area (TPSA) is 112 Å². The van der Waals surface area contributed by atoms with Crippen molar-refractivity contribution >= 4 is 5.91 Å². The van der Waals surface area contributed by atoms with E-state index in [-0.39, 0.29) is 43.3 Å². The molecule has 3 heterocycles. The molecule has 0 saturated carbocycles. The Kier molecular flexibility index (Phi) is 4.44. The number of aliphatic hydroxyl groups is 1. The van der Waals surface area contributed by atoms with Crippen LogP contribution >= 0.6 is 0 Å². The van der Waals surface area contributed by atoms with Crippen LogP contribution < -0.4 is 11.1 Å². The molecule has 2 aliphatic heterocycles. The molecule has 122 valence electrons. The lowest BCUT2D eigenvalue weighted by Gasteiger charge is -2.18. The van der Waals surface area contributed by atoms with Gasteiger partial charge in [-0.2, -0.15) is 5.10 Å². The third-order valence-corrected chi connectivity index (χ3v) is 4.17. The third kappa shape index (κ3) is 3.14. The largest absolute Gasteiger partial charge is 0.388 e. The molecule has 1 amide bonds. The molecular formula is C14H22N4O4. The van der Waals surface area contributed by atoms with Crippen molar-refractivity contribution < 1.29 is 19.4 Å². The Morgan fingerprint density at radius 1 is 1.59 bits per heavy atom. The van der Waals surface area contributed by atoms with Gasteiger partial charge in [-0.3, -0.25) is 9.48 Å². The van der Waals surface area contributed by atoms with E-state index < -0.39 is 6.10 Å². The minimum absolute atomic E-state index is 0.0845. The number of amides is 1. The number of hydrogen-bond donors (Lipinski definition) is 3. The fourth-order valence-electron chi connectivity index (χ4n) is 3.08. The second kappa shape index (κ2) is 6.33. The summed E-state index contributed by atoms with van der Waals surface area (Å²) in [5, 5.41) is 16.9. The molecule has 3 rings (SSSR count). The Morgan fingerprint density at radius 3 is 3.05 bits per heavy atom. The molecule has 0 bridgehead atoms. The first-order valence-electron chi connectivity index (χ1n) is 7.50. The van der Waals surface area contributed by atoms with Gasteiger partial charge in [-0.05, 0) is 0 Å². The first kappa shape index (κ1) is 15.4. The zero-order valence-corrected chi connectivity index (χ0v) is 12.5. The van der Waals surface area contributed by atoms with Gasteiger partial charge in [-0.1, -0.05) is 0 Å². The number of aromatic nitrogens is 2. The summed E-state index contributed by atoms with van der Waals surface area (Å²) >= 11 is 0. The van der Waals surface area contributed by atoms with Gasteiger partial charge in [0.1, 0.15) is 12.2 Å². The van der Waals surface area contributed by atoms with Crippen LogP contribution in [0.1, 0.15) is 18.4 Å². The zero-order chi connectivity index (χ0) is 15.7. The van der Waals surface area contributed by atoms with Crippen molar-refractivity contribution in [3.05, 3.63) is 18.0 Å². The highest BCUT2D eigenvalue weighted by molar-refractivity contribution is 5.76. The van der Waals surface area contributed by atoms with Gasteiger partial charge in [0.05, 0.1) is 30.9 Å². The average Bonchev–Trinajstić information content (AvgIpc) is 3.14. The summed E-state index contributed by atoms with van der Waals surface area (Å²) in [7, 11) is 1.83. The molecule has 0 aliphatic carbocycles. The number of hydrogen-bond acceptors (Lipinski definition) is 6. The summed E-state index contributed by atoms with van der Waals surface area (Å²) in [6.45, 7) is 0.717. The standard InChI is InChI=1S/C14H22N4O4/c1-18-7-8(6-17-18)5-16-12(19)3-9-2-10-14(21-9)13(20)11(4-15)22-10/h6-7,9-11,13-14,20H,2-5,15H2,1H3,(H,16,19). The molecule has 0 spiro atoms. The predicted molar refractivity (Wildman–Crippen MR) is 76.7 cm³/mol. The van der Waals surface area contributed by atoms with E-state index in [0.717, 1.165) is 5.56 Å². The maximum atomic E-state index is 12.0. The molecule has 2 saturated heterocycles. The van der Waals surface area contributed by atoms with Crippen molar-refractivity contribution in [2.45, 2.75) is 49.9 Å². The Morgan fingerprint density at radius 2 is 2.41 bits per heavy atom. The van der Waals surface area contributed by atoms with Crippen LogP contribution in [-0.4, -0.2) is 57.9 Å². The Hall–Kier alpha value is -1.48. The Bertz CT molecular complexity index is 535. The first-order chi connectivity index (χ1) is 10.6. The SMILES string of the molecule is Cn1cc(CNC(=O)CC2CC3OC(CN)C(O)C3O2)cn1. The smallest absolute Gasteiger partial charge is 0.222 e. The molecule has 0 radical (unpaired) electrons. The number of carbonyl (C=O) groups excluding carboxylic acids is 1. The summed E-state index contributed by atoms with van der Waals surface area (Å²) in [6.07, 6.45) is 2.60. The van der Waals surface area contributed by atoms with Crippen LogP contribution in [0, 0.1) is 0 Å². The fraction of sp³-hybridized carbons (Fsp3) is 0.714. The number of nitrogens with zero attached hydrogens (tertiary/aromatic N) is 2. The molecule has 5 atom stereocenters. The molecule has 5 unspecified atom stereocenters. The van der Waals surface area contributed by atoms with E-state index in [9.17, 15) is 9.90 Å². The molecule has 2 fully saturated rings. The van der Waals surface area contributed by atoms with E-state index >= 15 is 0 Å². The summed E-state index contributed by atoms with van der Waals surface area (Å²) in [5.74, 6) is -0.0845. The van der Waals surface area contributed by atoms with Gasteiger partial charge in [0.25, 0.3) is 0 Å². The van der Waals surface area contributed by atoms with Crippen LogP contribution in [0.25, 0.3) is 0 Å². The number of rotatable bonds is 5. The van der Waals surface area contributed by atoms with Crippen molar-refractivity contribution in [1.82, 2.24) is 15.1 Å². The quantitative estimate of drug-likeness (QED) is 0.621. The van der Waals surface area contributed by atoms with Crippen molar-refractivity contribution in [1.29, 1.82) is 0 Å². The van der Waals surface area contributed by atoms with Gasteiger partial charge in [-0.25, -0.2) is 0 Å². The highest BCUT2D eigenvalue weighted by Gasteiger charge is 2.50. The van der Waals surface area contributed by atoms with Gasteiger partial charge in [0, 0.05) is 38.3 Å². The van der Waals surface area contributed by atoms with Crippen LogP contribution in [0.5, 0.6) is 0 Å². The average molecular weight is 310 g/mol. The van der Waals surface area contributed by atoms with Gasteiger partial charge >= 0.3 is 0 Å². The van der Waals surface area contributed by atoms with Crippen LogP contribution in [-0.2, 0) is 27.9 Å². The van der Waals surface area contributed by atoms with E-state index in [1.807, 2.05) is 13.2 Å². The number of ether oxygens (including phenoxy) is 2. The van der Waals surface area contributed by atoms with E-state index in [0.29, 0.717) is 13.0 Å². The van der Waals surface area contributed by atoms with E-state index in [4.69, 9.17) is 15.2 Å². The third-order valence-electron chi connectivity index (χ3n) is 4.17. The molecule has 8 heteroatoms. The number of fused-ring (bicyclic) bond motifs is 1. The van der Waals surface area contributed by atoms with Crippen molar-refractivity contribution in [3.63, 3.8) is 0 Å². The molecule has 1 aromatic heterocycles. The van der Waals surface area contributed by atoms with E-state index in [1.54, 1.807) is 10.9 Å². The summed E-state index contributed by atoms with van der Waals surface area (Å²) in [6, 6.07) is 0. The van der Waals surface area contributed by atoms with Crippen LogP contribution in [0.15, 0.2) is 12.4 Å². The van der Waals surface area contributed by atoms with Crippen molar-refractivity contribution in [2.75, 3.05) is 6.54 Å². The maximum absolute atomic E-state index is 12.0. The number of nitrogens with two attached hydrogens (primary N) is 1. The summed E-state index contributed by atoms with van der Waals surface area (Å²) in [5.41, 5.74) is 6.48. The minimum Gasteiger partial charge on any atom is -0.388 e. The van der Waals surface area contributed by atoms with Crippen LogP contribution in [0.4, 0.5) is 0 Å². The van der Waals surface area contributed by atoms with E-state index in [2.05, 4.69) is 10.4 Å². The van der Waals surface area contributed by atoms with Gasteiger partial charge < -0.3 is 25.6 Å². The Balaban J connectivity index is 1.44. The molecule has 0 aromatic carbocycles. The molecule has 1 aromatic rings. The lowest BCUT2D eigenvalue weighted by Crippen LogP contribution is -2.37. The molecule has 2 aliphatic rings. The van der Waals surface area contributed by atoms with Crippen LogP contribution in [0.3, 0.4) is 0 Å². The summed E-state index contributed by atoms with van der Waals surface area (Å²) in [4.78, 5) is 12.0. The normalized spacial score (nSPS) is 33.9. The molecular weight excluding hydrogens is 288 g/mol. The lowest BCUT2D eigenvalue weighted by atomic mass is 10.1. The zero-order valence-electron chi connectivity index (χ0n) is 12.5. The maximum Gasteiger partial charge on any atom is 0.222 e. The highest BCUT2D eigenvalue weighted by atomic mass is 16.6. The second-order valence-corrected chi connectivity index (χ2v) is 5.90. The first-order valence-corrected chi connectivity index (χ1v) is 7.50. The van der Waals surface area contributed by atoms with Gasteiger partial charge in [0.15, 0.2) is 0 Å². The Labute approximate surface area is 128 Å².